The second kappa shape index (κ2) is 14.8. The van der Waals surface area contributed by atoms with E-state index in [-0.39, 0.29) is 42.8 Å². The van der Waals surface area contributed by atoms with E-state index < -0.39 is 30.7 Å². The van der Waals surface area contributed by atoms with Gasteiger partial charge in [-0.1, -0.05) is 29.3 Å². The smallest absolute Gasteiger partial charge is 0.459 e. The molecule has 1 saturated carbocycles. The fourth-order valence-electron chi connectivity index (χ4n) is 5.12. The molecule has 2 fully saturated rings. The minimum atomic E-state index is -4.16. The molecule has 5 atom stereocenters. The summed E-state index contributed by atoms with van der Waals surface area (Å²) in [7, 11) is -4.16. The predicted molar refractivity (Wildman–Crippen MR) is 175 cm³/mol. The second-order valence-electron chi connectivity index (χ2n) is 11.7. The second-order valence-corrected chi connectivity index (χ2v) is 14.3. The largest absolute Gasteiger partial charge is 0.462 e. The number of esters is 1. The third kappa shape index (κ3) is 8.64. The summed E-state index contributed by atoms with van der Waals surface area (Å²) in [6.07, 6.45) is 7.40. The van der Waals surface area contributed by atoms with Crippen LogP contribution in [0.4, 0.5) is 5.95 Å². The molecule has 3 aromatic rings. The minimum absolute atomic E-state index is 0.0327. The number of fused-ring (bicyclic) bond motifs is 1. The number of anilines is 1. The van der Waals surface area contributed by atoms with Crippen LogP contribution >= 0.6 is 23.7 Å². The van der Waals surface area contributed by atoms with Crippen LogP contribution < -0.4 is 20.9 Å². The van der Waals surface area contributed by atoms with Gasteiger partial charge in [0.15, 0.2) is 17.5 Å². The highest BCUT2D eigenvalue weighted by Gasteiger charge is 2.52. The molecule has 4 N–H and O–H groups in total. The maximum atomic E-state index is 14.3. The highest BCUT2D eigenvalue weighted by Crippen LogP contribution is 2.57. The van der Waals surface area contributed by atoms with Gasteiger partial charge < -0.3 is 24.5 Å². The van der Waals surface area contributed by atoms with E-state index in [0.717, 1.165) is 35.7 Å². The first-order valence-corrected chi connectivity index (χ1v) is 17.7. The summed E-state index contributed by atoms with van der Waals surface area (Å²) < 4.78 is 46.2. The zero-order valence-electron chi connectivity index (χ0n) is 26.1. The number of aromatic nitrogens is 4. The summed E-state index contributed by atoms with van der Waals surface area (Å²) in [6, 6.07) is 5.77. The number of aromatic amines is 1. The molecular formula is C30H40BrN6O8P. The van der Waals surface area contributed by atoms with Crippen molar-refractivity contribution in [1.82, 2.24) is 24.6 Å². The van der Waals surface area contributed by atoms with Gasteiger partial charge in [0, 0.05) is 22.7 Å². The monoisotopic (exact) mass is 722 g/mol. The zero-order chi connectivity index (χ0) is 32.9. The van der Waals surface area contributed by atoms with Gasteiger partial charge >= 0.3 is 13.7 Å². The number of nitrogens with one attached hydrogen (secondary N) is 2. The van der Waals surface area contributed by atoms with Gasteiger partial charge in [0.05, 0.1) is 19.3 Å². The molecule has 1 saturated heterocycles. The van der Waals surface area contributed by atoms with E-state index in [4.69, 9.17) is 29.0 Å². The lowest BCUT2D eigenvalue weighted by molar-refractivity contribution is -0.171. The fraction of sp³-hybridized carbons (Fsp3) is 0.533. The molecule has 0 bridgehead atoms. The number of rotatable bonds is 15. The lowest BCUT2D eigenvalue weighted by Crippen LogP contribution is -2.37. The molecule has 46 heavy (non-hydrogen) atoms. The molecule has 0 radical (unpaired) electrons. The summed E-state index contributed by atoms with van der Waals surface area (Å²) in [4.78, 5) is 36.0. The maximum absolute atomic E-state index is 14.3. The molecule has 1 aromatic carbocycles. The quantitative estimate of drug-likeness (QED) is 0.139. The van der Waals surface area contributed by atoms with Crippen LogP contribution in [-0.2, 0) is 28.1 Å². The molecule has 3 unspecified atom stereocenters. The number of nitrogen functional groups attached to an aromatic ring is 1. The summed E-state index contributed by atoms with van der Waals surface area (Å²) in [5.41, 5.74) is 5.93. The average Bonchev–Trinajstić information content (AvgIpc) is 3.55. The summed E-state index contributed by atoms with van der Waals surface area (Å²) in [5, 5.41) is 2.77. The molecule has 2 aromatic heterocycles. The van der Waals surface area contributed by atoms with Crippen LogP contribution in [0.3, 0.4) is 0 Å². The van der Waals surface area contributed by atoms with Gasteiger partial charge in [-0.15, -0.1) is 0 Å². The molecule has 1 aliphatic heterocycles. The number of carbonyl (C=O) groups is 1. The molecule has 2 aliphatic rings. The number of hydrogen-bond donors (Lipinski definition) is 3. The Labute approximate surface area is 275 Å². The van der Waals surface area contributed by atoms with E-state index in [9.17, 15) is 14.2 Å². The van der Waals surface area contributed by atoms with Crippen molar-refractivity contribution >= 4 is 53.0 Å². The van der Waals surface area contributed by atoms with Crippen LogP contribution in [0.1, 0.15) is 59.3 Å². The first kappa shape index (κ1) is 34.3. The van der Waals surface area contributed by atoms with E-state index in [2.05, 4.69) is 36.0 Å². The molecule has 16 heteroatoms. The first-order valence-electron chi connectivity index (χ1n) is 15.3. The van der Waals surface area contributed by atoms with E-state index in [1.807, 2.05) is 13.8 Å². The van der Waals surface area contributed by atoms with Gasteiger partial charge in [-0.05, 0) is 75.8 Å². The number of ether oxygens (including phenoxy) is 3. The Kier molecular flexibility index (Phi) is 11.0. The van der Waals surface area contributed by atoms with Gasteiger partial charge in [-0.2, -0.15) is 10.1 Å². The highest BCUT2D eigenvalue weighted by molar-refractivity contribution is 9.10. The number of nitrogens with two attached hydrogens (primary N) is 1. The number of imidazole rings is 1. The molecule has 5 rings (SSSR count). The SMILES string of the molecule is CCC[C@H](C)OC(=O)C(C)NP(=O)(OC[C@@]1(COC2CCCCO2)C/C1=C/n1cnc2c(=O)[nH]c(N)nc21)Oc1ccc(Br)cc1. The lowest BCUT2D eigenvalue weighted by Gasteiger charge is -2.27. The van der Waals surface area contributed by atoms with Crippen molar-refractivity contribution in [2.24, 2.45) is 5.41 Å². The average molecular weight is 724 g/mol. The molecule has 14 nitrogen and oxygen atoms in total. The molecule has 3 heterocycles. The van der Waals surface area contributed by atoms with Crippen LogP contribution in [0.2, 0.25) is 0 Å². The number of nitrogens with zero attached hydrogens (tertiary/aromatic N) is 3. The van der Waals surface area contributed by atoms with Crippen molar-refractivity contribution in [3.8, 4) is 5.75 Å². The van der Waals surface area contributed by atoms with Crippen molar-refractivity contribution in [2.75, 3.05) is 25.6 Å². The maximum Gasteiger partial charge on any atom is 0.459 e. The Bertz CT molecular complexity index is 1660. The van der Waals surface area contributed by atoms with E-state index in [1.165, 1.54) is 6.33 Å². The number of benzene rings is 1. The van der Waals surface area contributed by atoms with Crippen molar-refractivity contribution in [2.45, 2.75) is 77.7 Å². The fourth-order valence-corrected chi connectivity index (χ4v) is 6.96. The van der Waals surface area contributed by atoms with Crippen LogP contribution in [0.25, 0.3) is 17.4 Å². The van der Waals surface area contributed by atoms with Gasteiger partial charge in [0.1, 0.15) is 18.1 Å². The summed E-state index contributed by atoms with van der Waals surface area (Å²) in [5.74, 6) is -0.322. The topological polar surface area (TPSA) is 182 Å². The Morgan fingerprint density at radius 3 is 2.80 bits per heavy atom. The number of halogens is 1. The van der Waals surface area contributed by atoms with Crippen molar-refractivity contribution in [1.29, 1.82) is 0 Å². The Morgan fingerprint density at radius 1 is 1.30 bits per heavy atom. The number of hydrogen-bond acceptors (Lipinski definition) is 11. The highest BCUT2D eigenvalue weighted by atomic mass is 79.9. The molecular weight excluding hydrogens is 683 g/mol. The van der Waals surface area contributed by atoms with E-state index >= 15 is 0 Å². The first-order chi connectivity index (χ1) is 22.0. The predicted octanol–water partition coefficient (Wildman–Crippen LogP) is 5.15. The van der Waals surface area contributed by atoms with E-state index in [1.54, 1.807) is 42.0 Å². The van der Waals surface area contributed by atoms with Gasteiger partial charge in [-0.25, -0.2) is 9.55 Å². The Hall–Kier alpha value is -3.07. The molecule has 0 spiro atoms. The van der Waals surface area contributed by atoms with E-state index in [0.29, 0.717) is 25.1 Å². The third-order valence-electron chi connectivity index (χ3n) is 7.78. The summed E-state index contributed by atoms with van der Waals surface area (Å²) in [6.45, 7) is 6.10. The Morgan fingerprint density at radius 2 is 2.09 bits per heavy atom. The normalized spacial score (nSPS) is 23.1. The van der Waals surface area contributed by atoms with Crippen LogP contribution in [0, 0.1) is 5.41 Å². The molecule has 250 valence electrons. The van der Waals surface area contributed by atoms with Crippen molar-refractivity contribution in [3.05, 3.63) is 51.0 Å². The standard InChI is InChI=1S/C30H40BrN6O8P/c1-4-7-19(2)44-28(39)20(3)36-46(40,45-23-11-9-22(31)10-12-23)43-17-30(16-42-24-8-5-6-13-41-24)14-21(30)15-37-18-33-25-26(37)34-29(32)35-27(25)38/h9-12,15,18-20,24H,4-8,13-14,16-17H2,1-3H3,(H,36,40)(H3,32,34,35,38)/b21-15-/t19-,20?,24?,30-,46?/m0/s1. The minimum Gasteiger partial charge on any atom is -0.462 e. The number of H-pyrrole nitrogens is 1. The number of carbonyl (C=O) groups excluding carboxylic acids is 1. The summed E-state index contributed by atoms with van der Waals surface area (Å²) >= 11 is 3.39. The zero-order valence-corrected chi connectivity index (χ0v) is 28.6. The third-order valence-corrected chi connectivity index (χ3v) is 9.93. The molecule has 0 amide bonds. The van der Waals surface area contributed by atoms with Crippen LogP contribution in [0.5, 0.6) is 5.75 Å². The van der Waals surface area contributed by atoms with Gasteiger partial charge in [-0.3, -0.25) is 23.7 Å². The molecule has 1 aliphatic carbocycles. The van der Waals surface area contributed by atoms with Crippen molar-refractivity contribution in [3.63, 3.8) is 0 Å². The van der Waals surface area contributed by atoms with Crippen molar-refractivity contribution < 1.29 is 32.6 Å². The van der Waals surface area contributed by atoms with Gasteiger partial charge in [0.25, 0.3) is 5.56 Å². The van der Waals surface area contributed by atoms with Crippen LogP contribution in [0.15, 0.2) is 45.4 Å². The van der Waals surface area contributed by atoms with Crippen LogP contribution in [-0.4, -0.2) is 63.7 Å². The Balaban J connectivity index is 1.39. The van der Waals surface area contributed by atoms with Gasteiger partial charge in [0.2, 0.25) is 5.95 Å². The lowest BCUT2D eigenvalue weighted by atomic mass is 10.1.